The second-order valence-corrected chi connectivity index (χ2v) is 6.19. The highest BCUT2D eigenvalue weighted by Crippen LogP contribution is 2.27. The molecule has 1 aliphatic heterocycles. The predicted molar refractivity (Wildman–Crippen MR) is 61.8 cm³/mol. The molecule has 2 amide bonds. The number of amides is 2. The molecule has 0 spiro atoms. The number of hydrogen-bond acceptors (Lipinski definition) is 3. The van der Waals surface area contributed by atoms with Crippen LogP contribution in [-0.4, -0.2) is 33.3 Å². The zero-order valence-corrected chi connectivity index (χ0v) is 11.0. The first-order valence-corrected chi connectivity index (χ1v) is 6.00. The zero-order valence-electron chi connectivity index (χ0n) is 8.71. The summed E-state index contributed by atoms with van der Waals surface area (Å²) in [4.78, 5) is 24.2. The van der Waals surface area contributed by atoms with Crippen molar-refractivity contribution >= 4 is 46.8 Å². The number of likely N-dealkylation sites (tertiary alicyclic amines) is 1. The summed E-state index contributed by atoms with van der Waals surface area (Å²) in [6.07, 6.45) is 1.17. The fraction of sp³-hybridized carbons (Fsp3) is 0.778. The molecule has 7 heteroatoms. The molecule has 4 nitrogen and oxygen atoms in total. The molecule has 1 fully saturated rings. The Bertz CT molecular complexity index is 290. The molecule has 0 aromatic carbocycles. The van der Waals surface area contributed by atoms with E-state index in [1.165, 1.54) is 0 Å². The predicted octanol–water partition coefficient (Wildman–Crippen LogP) is 2.89. The largest absolute Gasteiger partial charge is 0.445 e. The monoisotopic (exact) mass is 287 g/mol. The third-order valence-corrected chi connectivity index (χ3v) is 2.61. The fourth-order valence-corrected chi connectivity index (χ4v) is 1.70. The molecule has 0 saturated carbocycles. The lowest BCUT2D eigenvalue weighted by molar-refractivity contribution is -0.133. The molecule has 1 atom stereocenters. The molecule has 0 radical (unpaired) electrons. The van der Waals surface area contributed by atoms with Gasteiger partial charge in [0.05, 0.1) is 0 Å². The first-order valence-electron chi connectivity index (χ1n) is 4.87. The zero-order chi connectivity index (χ0) is 12.3. The maximum atomic E-state index is 11.6. The Balaban J connectivity index is 2.55. The highest BCUT2D eigenvalue weighted by molar-refractivity contribution is 6.67. The summed E-state index contributed by atoms with van der Waals surface area (Å²) in [6.45, 7) is 1.42. The number of carbonyl (C=O) groups is 2. The average Bonchev–Trinajstić information content (AvgIpc) is 2.13. The van der Waals surface area contributed by atoms with Gasteiger partial charge in [-0.15, -0.1) is 0 Å². The summed E-state index contributed by atoms with van der Waals surface area (Å²) < 4.78 is 3.10. The van der Waals surface area contributed by atoms with E-state index in [9.17, 15) is 9.59 Å². The van der Waals surface area contributed by atoms with Crippen LogP contribution >= 0.6 is 34.8 Å². The summed E-state index contributed by atoms with van der Waals surface area (Å²) in [5.74, 6) is -0.243. The van der Waals surface area contributed by atoms with E-state index in [0.717, 1.165) is 17.7 Å². The Hall–Kier alpha value is -0.190. The van der Waals surface area contributed by atoms with Crippen molar-refractivity contribution in [2.45, 2.75) is 36.0 Å². The molecule has 0 N–H and O–H groups in total. The second kappa shape index (κ2) is 5.43. The van der Waals surface area contributed by atoms with E-state index < -0.39 is 9.89 Å². The highest BCUT2D eigenvalue weighted by Gasteiger charge is 2.33. The van der Waals surface area contributed by atoms with Gasteiger partial charge in [0.2, 0.25) is 9.70 Å². The topological polar surface area (TPSA) is 46.6 Å². The van der Waals surface area contributed by atoms with Crippen molar-refractivity contribution in [1.82, 2.24) is 4.90 Å². The van der Waals surface area contributed by atoms with Gasteiger partial charge in [0.15, 0.2) is 0 Å². The van der Waals surface area contributed by atoms with Crippen molar-refractivity contribution < 1.29 is 14.3 Å². The lowest BCUT2D eigenvalue weighted by atomic mass is 10.0. The van der Waals surface area contributed by atoms with Gasteiger partial charge < -0.3 is 4.74 Å². The summed E-state index contributed by atoms with van der Waals surface area (Å²) in [7, 11) is 0. The van der Waals surface area contributed by atoms with Crippen molar-refractivity contribution in [2.24, 2.45) is 0 Å². The number of alkyl halides is 3. The van der Waals surface area contributed by atoms with Crippen LogP contribution in [0.4, 0.5) is 4.79 Å². The molecule has 0 aromatic heterocycles. The van der Waals surface area contributed by atoms with E-state index in [2.05, 4.69) is 0 Å². The van der Waals surface area contributed by atoms with Crippen molar-refractivity contribution in [1.29, 1.82) is 0 Å². The van der Waals surface area contributed by atoms with Crippen LogP contribution < -0.4 is 0 Å². The molecule has 0 aromatic rings. The van der Waals surface area contributed by atoms with E-state index in [-0.39, 0.29) is 18.6 Å². The Morgan fingerprint density at radius 2 is 2.19 bits per heavy atom. The Labute approximate surface area is 109 Å². The molecule has 1 unspecified atom stereocenters. The van der Waals surface area contributed by atoms with E-state index in [1.54, 1.807) is 6.92 Å². The number of rotatable bonds is 1. The number of hydrogen-bond donors (Lipinski definition) is 0. The first kappa shape index (κ1) is 13.9. The lowest BCUT2D eigenvalue weighted by Gasteiger charge is -2.30. The van der Waals surface area contributed by atoms with E-state index in [4.69, 9.17) is 39.5 Å². The summed E-state index contributed by atoms with van der Waals surface area (Å²) in [5, 5.41) is 0. The summed E-state index contributed by atoms with van der Waals surface area (Å²) in [5.41, 5.74) is 0. The third kappa shape index (κ3) is 4.00. The molecular weight excluding hydrogens is 276 g/mol. The number of carbonyl (C=O) groups excluding carboxylic acids is 2. The van der Waals surface area contributed by atoms with Gasteiger partial charge in [0.1, 0.15) is 6.61 Å². The maximum Gasteiger partial charge on any atom is 0.416 e. The van der Waals surface area contributed by atoms with Gasteiger partial charge in [-0.05, 0) is 19.8 Å². The number of ether oxygens (including phenoxy) is 1. The molecule has 92 valence electrons. The maximum absolute atomic E-state index is 11.6. The van der Waals surface area contributed by atoms with Gasteiger partial charge in [-0.3, -0.25) is 4.79 Å². The molecule has 1 saturated heterocycles. The van der Waals surface area contributed by atoms with Crippen LogP contribution in [0.15, 0.2) is 0 Å². The van der Waals surface area contributed by atoms with Crippen LogP contribution in [0.1, 0.15) is 26.2 Å². The number of nitrogens with zero attached hydrogens (tertiary/aromatic N) is 1. The van der Waals surface area contributed by atoms with E-state index >= 15 is 0 Å². The molecule has 16 heavy (non-hydrogen) atoms. The van der Waals surface area contributed by atoms with E-state index in [1.807, 2.05) is 0 Å². The molecule has 0 bridgehead atoms. The van der Waals surface area contributed by atoms with Crippen LogP contribution in [0.2, 0.25) is 0 Å². The minimum absolute atomic E-state index is 0.163. The second-order valence-electron chi connectivity index (χ2n) is 3.67. The average molecular weight is 289 g/mol. The molecule has 1 aliphatic rings. The summed E-state index contributed by atoms with van der Waals surface area (Å²) in [6, 6.07) is -0.163. The summed E-state index contributed by atoms with van der Waals surface area (Å²) >= 11 is 16.3. The Morgan fingerprint density at radius 3 is 2.69 bits per heavy atom. The molecule has 0 aliphatic carbocycles. The van der Waals surface area contributed by atoms with Gasteiger partial charge in [-0.2, -0.15) is 0 Å². The van der Waals surface area contributed by atoms with Crippen molar-refractivity contribution in [3.8, 4) is 0 Å². The Morgan fingerprint density at radius 1 is 1.56 bits per heavy atom. The molecular formula is C9H12Cl3NO3. The third-order valence-electron chi connectivity index (χ3n) is 2.28. The minimum atomic E-state index is -1.66. The van der Waals surface area contributed by atoms with Crippen molar-refractivity contribution in [3.63, 3.8) is 0 Å². The standard InChI is InChI=1S/C9H12Cl3NO3/c1-6-3-2-4-7(14)13(6)8(15)16-5-9(10,11)12/h6H,2-5H2,1H3. The number of piperidine rings is 1. The van der Waals surface area contributed by atoms with Crippen LogP contribution in [0.5, 0.6) is 0 Å². The van der Waals surface area contributed by atoms with Crippen LogP contribution in [0.3, 0.4) is 0 Å². The molecule has 1 rings (SSSR count). The minimum Gasteiger partial charge on any atom is -0.445 e. The van der Waals surface area contributed by atoms with Crippen LogP contribution in [0, 0.1) is 0 Å². The highest BCUT2D eigenvalue weighted by atomic mass is 35.6. The SMILES string of the molecule is CC1CCCC(=O)N1C(=O)OCC(Cl)(Cl)Cl. The van der Waals surface area contributed by atoms with Gasteiger partial charge in [0.25, 0.3) is 0 Å². The van der Waals surface area contributed by atoms with Crippen molar-refractivity contribution in [2.75, 3.05) is 6.61 Å². The van der Waals surface area contributed by atoms with Crippen molar-refractivity contribution in [3.05, 3.63) is 0 Å². The number of imide groups is 1. The van der Waals surface area contributed by atoms with Gasteiger partial charge >= 0.3 is 6.09 Å². The Kier molecular flexibility index (Phi) is 4.71. The molecule has 1 heterocycles. The van der Waals surface area contributed by atoms with Gasteiger partial charge in [0, 0.05) is 12.5 Å². The quantitative estimate of drug-likeness (QED) is 0.697. The van der Waals surface area contributed by atoms with Gasteiger partial charge in [-0.1, -0.05) is 34.8 Å². The van der Waals surface area contributed by atoms with Crippen LogP contribution in [0.25, 0.3) is 0 Å². The first-order chi connectivity index (χ1) is 7.31. The number of halogens is 3. The lowest BCUT2D eigenvalue weighted by Crippen LogP contribution is -2.46. The fourth-order valence-electron chi connectivity index (χ4n) is 1.54. The normalized spacial score (nSPS) is 22.1. The van der Waals surface area contributed by atoms with Gasteiger partial charge in [-0.25, -0.2) is 9.69 Å². The van der Waals surface area contributed by atoms with Crippen LogP contribution in [-0.2, 0) is 9.53 Å². The van der Waals surface area contributed by atoms with E-state index in [0.29, 0.717) is 6.42 Å². The smallest absolute Gasteiger partial charge is 0.416 e.